The average Bonchev–Trinajstić information content (AvgIpc) is 2.09. The lowest BCUT2D eigenvalue weighted by molar-refractivity contribution is -0.115. The first-order valence-corrected chi connectivity index (χ1v) is 4.35. The van der Waals surface area contributed by atoms with Gasteiger partial charge < -0.3 is 5.73 Å². The third-order valence-electron chi connectivity index (χ3n) is 2.24. The summed E-state index contributed by atoms with van der Waals surface area (Å²) >= 11 is 0. The number of hydrogen-bond donors (Lipinski definition) is 1. The van der Waals surface area contributed by atoms with Gasteiger partial charge in [0.15, 0.2) is 5.78 Å². The Morgan fingerprint density at radius 1 is 1.58 bits per heavy atom. The Morgan fingerprint density at radius 2 is 2.17 bits per heavy atom. The van der Waals surface area contributed by atoms with Crippen molar-refractivity contribution in [1.82, 2.24) is 4.90 Å². The molecule has 0 aromatic carbocycles. The summed E-state index contributed by atoms with van der Waals surface area (Å²) in [6, 6.07) is 0.333. The van der Waals surface area contributed by atoms with Crippen LogP contribution in [-0.4, -0.2) is 36.4 Å². The minimum atomic E-state index is 0.102. The van der Waals surface area contributed by atoms with E-state index in [1.54, 1.807) is 0 Å². The van der Waals surface area contributed by atoms with E-state index in [9.17, 15) is 4.79 Å². The van der Waals surface area contributed by atoms with Gasteiger partial charge in [0.2, 0.25) is 0 Å². The second-order valence-electron chi connectivity index (χ2n) is 3.28. The van der Waals surface area contributed by atoms with Crippen molar-refractivity contribution in [1.29, 1.82) is 0 Å². The maximum atomic E-state index is 11.0. The van der Waals surface area contributed by atoms with E-state index >= 15 is 0 Å². The fraction of sp³-hybridized carbons (Fsp3) is 0.667. The van der Waals surface area contributed by atoms with E-state index in [0.717, 1.165) is 25.9 Å². The number of carbonyl (C=O) groups excluding carboxylic acids is 1. The van der Waals surface area contributed by atoms with Gasteiger partial charge in [-0.1, -0.05) is 6.58 Å². The standard InChI is InChI=1S/C9H16N2O/c1-2-9(12)7-11-5-3-8(10)4-6-11/h2,8H,1,3-7,10H2. The van der Waals surface area contributed by atoms with Gasteiger partial charge in [0.25, 0.3) is 0 Å². The summed E-state index contributed by atoms with van der Waals surface area (Å²) in [5.41, 5.74) is 5.73. The second kappa shape index (κ2) is 4.38. The fourth-order valence-electron chi connectivity index (χ4n) is 1.40. The number of ketones is 1. The Labute approximate surface area is 73.2 Å². The molecule has 0 atom stereocenters. The molecule has 0 unspecified atom stereocenters. The van der Waals surface area contributed by atoms with Gasteiger partial charge in [0.1, 0.15) is 0 Å². The first kappa shape index (κ1) is 9.42. The highest BCUT2D eigenvalue weighted by Gasteiger charge is 2.16. The monoisotopic (exact) mass is 168 g/mol. The summed E-state index contributed by atoms with van der Waals surface area (Å²) in [6.07, 6.45) is 3.39. The number of nitrogens with two attached hydrogens (primary N) is 1. The minimum absolute atomic E-state index is 0.102. The summed E-state index contributed by atoms with van der Waals surface area (Å²) in [7, 11) is 0. The predicted molar refractivity (Wildman–Crippen MR) is 48.9 cm³/mol. The van der Waals surface area contributed by atoms with Crippen LogP contribution in [0.4, 0.5) is 0 Å². The lowest BCUT2D eigenvalue weighted by Gasteiger charge is -2.28. The van der Waals surface area contributed by atoms with Crippen molar-refractivity contribution in [2.24, 2.45) is 5.73 Å². The molecule has 1 aliphatic heterocycles. The maximum Gasteiger partial charge on any atom is 0.169 e. The molecule has 0 bridgehead atoms. The van der Waals surface area contributed by atoms with E-state index in [2.05, 4.69) is 11.5 Å². The molecular weight excluding hydrogens is 152 g/mol. The fourth-order valence-corrected chi connectivity index (χ4v) is 1.40. The van der Waals surface area contributed by atoms with Crippen molar-refractivity contribution in [3.63, 3.8) is 0 Å². The van der Waals surface area contributed by atoms with Crippen molar-refractivity contribution in [2.75, 3.05) is 19.6 Å². The van der Waals surface area contributed by atoms with E-state index < -0.39 is 0 Å². The topological polar surface area (TPSA) is 46.3 Å². The zero-order valence-corrected chi connectivity index (χ0v) is 7.33. The maximum absolute atomic E-state index is 11.0. The largest absolute Gasteiger partial charge is 0.328 e. The molecule has 0 aliphatic carbocycles. The van der Waals surface area contributed by atoms with E-state index in [1.165, 1.54) is 6.08 Å². The number of rotatable bonds is 3. The van der Waals surface area contributed by atoms with Gasteiger partial charge in [0, 0.05) is 19.1 Å². The molecule has 0 amide bonds. The average molecular weight is 168 g/mol. The van der Waals surface area contributed by atoms with E-state index in [-0.39, 0.29) is 5.78 Å². The van der Waals surface area contributed by atoms with Gasteiger partial charge in [-0.25, -0.2) is 0 Å². The summed E-state index contributed by atoms with van der Waals surface area (Å²) < 4.78 is 0. The third kappa shape index (κ3) is 2.75. The zero-order valence-electron chi connectivity index (χ0n) is 7.33. The highest BCUT2D eigenvalue weighted by Crippen LogP contribution is 2.07. The van der Waals surface area contributed by atoms with Crippen molar-refractivity contribution in [3.05, 3.63) is 12.7 Å². The molecule has 3 heteroatoms. The molecule has 68 valence electrons. The molecule has 1 aliphatic rings. The van der Waals surface area contributed by atoms with E-state index in [0.29, 0.717) is 12.6 Å². The summed E-state index contributed by atoms with van der Waals surface area (Å²) in [4.78, 5) is 13.1. The van der Waals surface area contributed by atoms with Crippen LogP contribution < -0.4 is 5.73 Å². The Hall–Kier alpha value is -0.670. The summed E-state index contributed by atoms with van der Waals surface area (Å²) in [6.45, 7) is 5.84. The lowest BCUT2D eigenvalue weighted by atomic mass is 10.1. The van der Waals surface area contributed by atoms with Crippen LogP contribution in [0.2, 0.25) is 0 Å². The second-order valence-corrected chi connectivity index (χ2v) is 3.28. The molecule has 2 N–H and O–H groups in total. The van der Waals surface area contributed by atoms with Gasteiger partial charge in [0.05, 0.1) is 6.54 Å². The van der Waals surface area contributed by atoms with E-state index in [4.69, 9.17) is 5.73 Å². The van der Waals surface area contributed by atoms with E-state index in [1.807, 2.05) is 0 Å². The molecule has 0 aromatic heterocycles. The highest BCUT2D eigenvalue weighted by atomic mass is 16.1. The number of likely N-dealkylation sites (tertiary alicyclic amines) is 1. The lowest BCUT2D eigenvalue weighted by Crippen LogP contribution is -2.41. The van der Waals surface area contributed by atoms with Crippen LogP contribution in [0.3, 0.4) is 0 Å². The quantitative estimate of drug-likeness (QED) is 0.611. The van der Waals surface area contributed by atoms with Gasteiger partial charge in [-0.2, -0.15) is 0 Å². The number of hydrogen-bond acceptors (Lipinski definition) is 3. The molecule has 1 rings (SSSR count). The van der Waals surface area contributed by atoms with Crippen molar-refractivity contribution < 1.29 is 4.79 Å². The molecule has 0 aromatic rings. The van der Waals surface area contributed by atoms with Crippen LogP contribution in [0.15, 0.2) is 12.7 Å². The van der Waals surface area contributed by atoms with Crippen LogP contribution >= 0.6 is 0 Å². The van der Waals surface area contributed by atoms with Gasteiger partial charge in [-0.05, 0) is 18.9 Å². The molecule has 0 radical (unpaired) electrons. The van der Waals surface area contributed by atoms with Crippen LogP contribution in [0.25, 0.3) is 0 Å². The smallest absolute Gasteiger partial charge is 0.169 e. The molecule has 0 spiro atoms. The van der Waals surface area contributed by atoms with Crippen LogP contribution in [0.1, 0.15) is 12.8 Å². The van der Waals surface area contributed by atoms with Gasteiger partial charge >= 0.3 is 0 Å². The van der Waals surface area contributed by atoms with Crippen LogP contribution in [-0.2, 0) is 4.79 Å². The molecular formula is C9H16N2O. The molecule has 1 saturated heterocycles. The summed E-state index contributed by atoms with van der Waals surface area (Å²) in [5.74, 6) is 0.102. The molecule has 0 saturated carbocycles. The predicted octanol–water partition coefficient (Wildman–Crippen LogP) is 0.165. The highest BCUT2D eigenvalue weighted by molar-refractivity contribution is 5.90. The Bertz CT molecular complexity index is 171. The molecule has 1 heterocycles. The Morgan fingerprint density at radius 3 is 2.67 bits per heavy atom. The molecule has 1 fully saturated rings. The number of piperidine rings is 1. The van der Waals surface area contributed by atoms with Gasteiger partial charge in [-0.15, -0.1) is 0 Å². The van der Waals surface area contributed by atoms with Crippen LogP contribution in [0, 0.1) is 0 Å². The third-order valence-corrected chi connectivity index (χ3v) is 2.24. The van der Waals surface area contributed by atoms with Gasteiger partial charge in [-0.3, -0.25) is 9.69 Å². The SMILES string of the molecule is C=CC(=O)CN1CCC(N)CC1. The molecule has 12 heavy (non-hydrogen) atoms. The van der Waals surface area contributed by atoms with Crippen molar-refractivity contribution >= 4 is 5.78 Å². The number of carbonyl (C=O) groups is 1. The van der Waals surface area contributed by atoms with Crippen molar-refractivity contribution in [2.45, 2.75) is 18.9 Å². The Balaban J connectivity index is 2.26. The first-order chi connectivity index (χ1) is 5.72. The normalized spacial score (nSPS) is 20.8. The number of nitrogens with zero attached hydrogens (tertiary/aromatic N) is 1. The summed E-state index contributed by atoms with van der Waals surface area (Å²) in [5, 5.41) is 0. The van der Waals surface area contributed by atoms with Crippen LogP contribution in [0.5, 0.6) is 0 Å². The first-order valence-electron chi connectivity index (χ1n) is 4.35. The Kier molecular flexibility index (Phi) is 3.44. The zero-order chi connectivity index (χ0) is 8.97. The van der Waals surface area contributed by atoms with Crippen molar-refractivity contribution in [3.8, 4) is 0 Å². The minimum Gasteiger partial charge on any atom is -0.328 e. The molecule has 3 nitrogen and oxygen atoms in total.